The van der Waals surface area contributed by atoms with Crippen LogP contribution in [0.15, 0.2) is 55.0 Å². The van der Waals surface area contributed by atoms with E-state index in [0.29, 0.717) is 22.7 Å². The van der Waals surface area contributed by atoms with E-state index in [1.165, 1.54) is 0 Å². The maximum atomic E-state index is 9.65. The van der Waals surface area contributed by atoms with Crippen molar-refractivity contribution in [1.29, 1.82) is 5.26 Å². The minimum absolute atomic E-state index is 0.475. The molecule has 4 rings (SSSR count). The van der Waals surface area contributed by atoms with E-state index >= 15 is 0 Å². The van der Waals surface area contributed by atoms with E-state index in [0.717, 1.165) is 33.3 Å². The van der Waals surface area contributed by atoms with E-state index < -0.39 is 0 Å². The van der Waals surface area contributed by atoms with Crippen LogP contribution in [0.5, 0.6) is 11.5 Å². The lowest BCUT2D eigenvalue weighted by Crippen LogP contribution is -1.99. The lowest BCUT2D eigenvalue weighted by atomic mass is 10.1. The average Bonchev–Trinajstić information content (AvgIpc) is 3.29. The molecule has 154 valence electrons. The van der Waals surface area contributed by atoms with Crippen LogP contribution < -0.4 is 14.8 Å². The maximum absolute atomic E-state index is 9.65. The van der Waals surface area contributed by atoms with E-state index in [1.54, 1.807) is 26.6 Å². The molecule has 2 heterocycles. The number of ether oxygens (including phenoxy) is 2. The predicted molar refractivity (Wildman–Crippen MR) is 124 cm³/mol. The van der Waals surface area contributed by atoms with Gasteiger partial charge in [0.25, 0.3) is 0 Å². The van der Waals surface area contributed by atoms with Gasteiger partial charge in [0, 0.05) is 40.7 Å². The molecule has 0 unspecified atom stereocenters. The third kappa shape index (κ3) is 3.94. The number of rotatable bonds is 6. The molecule has 0 radical (unpaired) electrons. The lowest BCUT2D eigenvalue weighted by molar-refractivity contribution is 0.355. The first kappa shape index (κ1) is 20.0. The van der Waals surface area contributed by atoms with Crippen LogP contribution in [0.4, 0.5) is 11.4 Å². The molecule has 0 aliphatic rings. The molecule has 2 N–H and O–H groups in total. The first-order chi connectivity index (χ1) is 15.1. The van der Waals surface area contributed by atoms with Crippen LogP contribution in [0.2, 0.25) is 0 Å². The van der Waals surface area contributed by atoms with Crippen molar-refractivity contribution in [2.24, 2.45) is 0 Å². The molecule has 31 heavy (non-hydrogen) atoms. The Balaban J connectivity index is 1.72. The zero-order valence-electron chi connectivity index (χ0n) is 17.6. The zero-order valence-corrected chi connectivity index (χ0v) is 17.6. The summed E-state index contributed by atoms with van der Waals surface area (Å²) in [7, 11) is 3.22. The second kappa shape index (κ2) is 8.64. The largest absolute Gasteiger partial charge is 0.493 e. The van der Waals surface area contributed by atoms with E-state index in [-0.39, 0.29) is 0 Å². The third-order valence-electron chi connectivity index (χ3n) is 5.22. The van der Waals surface area contributed by atoms with Gasteiger partial charge >= 0.3 is 0 Å². The SMILES string of the molecule is COc1ccc(/C=C/c2cncc(C#N)c2Nc2ccc3[nH]ccc3c2C)cc1OC. The predicted octanol–water partition coefficient (Wildman–Crippen LogP) is 5.67. The van der Waals surface area contributed by atoms with Crippen molar-refractivity contribution in [2.75, 3.05) is 19.5 Å². The van der Waals surface area contributed by atoms with Crippen LogP contribution >= 0.6 is 0 Å². The second-order valence-electron chi connectivity index (χ2n) is 7.01. The number of aromatic nitrogens is 2. The molecule has 0 saturated carbocycles. The Kier molecular flexibility index (Phi) is 5.59. The highest BCUT2D eigenvalue weighted by Crippen LogP contribution is 2.32. The number of anilines is 2. The van der Waals surface area contributed by atoms with Crippen molar-refractivity contribution in [3.05, 3.63) is 77.2 Å². The summed E-state index contributed by atoms with van der Waals surface area (Å²) in [5, 5.41) is 14.2. The van der Waals surface area contributed by atoms with Gasteiger partial charge in [-0.1, -0.05) is 18.2 Å². The van der Waals surface area contributed by atoms with Gasteiger partial charge in [-0.2, -0.15) is 5.26 Å². The highest BCUT2D eigenvalue weighted by Gasteiger charge is 2.11. The molecule has 0 saturated heterocycles. The molecule has 2 aromatic heterocycles. The Morgan fingerprint density at radius 1 is 1.03 bits per heavy atom. The van der Waals surface area contributed by atoms with Gasteiger partial charge in [0.2, 0.25) is 0 Å². The van der Waals surface area contributed by atoms with Gasteiger partial charge in [-0.25, -0.2) is 0 Å². The fourth-order valence-electron chi connectivity index (χ4n) is 3.52. The molecule has 0 atom stereocenters. The summed E-state index contributed by atoms with van der Waals surface area (Å²) < 4.78 is 10.7. The van der Waals surface area contributed by atoms with Gasteiger partial charge in [0.1, 0.15) is 6.07 Å². The quantitative estimate of drug-likeness (QED) is 0.428. The molecule has 6 heteroatoms. The third-order valence-corrected chi connectivity index (χ3v) is 5.22. The van der Waals surface area contributed by atoms with Crippen LogP contribution in [0.1, 0.15) is 22.3 Å². The summed E-state index contributed by atoms with van der Waals surface area (Å²) in [5.74, 6) is 1.33. The van der Waals surface area contributed by atoms with Gasteiger partial charge in [0.15, 0.2) is 11.5 Å². The van der Waals surface area contributed by atoms with E-state index in [9.17, 15) is 5.26 Å². The van der Waals surface area contributed by atoms with E-state index in [4.69, 9.17) is 9.47 Å². The van der Waals surface area contributed by atoms with Crippen LogP contribution in [0.3, 0.4) is 0 Å². The Labute approximate surface area is 180 Å². The molecule has 6 nitrogen and oxygen atoms in total. The Hall–Kier alpha value is -4.24. The van der Waals surface area contributed by atoms with E-state index in [2.05, 4.69) is 28.3 Å². The van der Waals surface area contributed by atoms with Crippen molar-refractivity contribution in [2.45, 2.75) is 6.92 Å². The molecule has 0 spiro atoms. The molecule has 0 aliphatic carbocycles. The monoisotopic (exact) mass is 410 g/mol. The normalized spacial score (nSPS) is 10.9. The summed E-state index contributed by atoms with van der Waals surface area (Å²) in [6.45, 7) is 2.06. The standard InChI is InChI=1S/C25H22N4O2/c1-16-20-10-11-28-22(20)8-7-21(16)29-25-18(14-27-15-19(25)13-26)6-4-17-5-9-23(30-2)24(12-17)31-3/h4-12,14-15,28H,1-3H3,(H,27,29)/b6-4+. The molecular formula is C25H22N4O2. The number of nitriles is 1. The summed E-state index contributed by atoms with van der Waals surface area (Å²) in [5.41, 5.74) is 6.06. The number of nitrogens with one attached hydrogen (secondary N) is 2. The van der Waals surface area contributed by atoms with Gasteiger partial charge < -0.3 is 19.8 Å². The number of aryl methyl sites for hydroxylation is 1. The van der Waals surface area contributed by atoms with Gasteiger partial charge in [0.05, 0.1) is 25.5 Å². The van der Waals surface area contributed by atoms with Crippen LogP contribution in [-0.2, 0) is 0 Å². The molecule has 0 aliphatic heterocycles. The average molecular weight is 410 g/mol. The van der Waals surface area contributed by atoms with Crippen molar-refractivity contribution >= 4 is 34.4 Å². The Morgan fingerprint density at radius 3 is 2.65 bits per heavy atom. The maximum Gasteiger partial charge on any atom is 0.161 e. The fourth-order valence-corrected chi connectivity index (χ4v) is 3.52. The minimum atomic E-state index is 0.475. The minimum Gasteiger partial charge on any atom is -0.493 e. The fraction of sp³-hybridized carbons (Fsp3) is 0.120. The first-order valence-electron chi connectivity index (χ1n) is 9.76. The molecule has 0 bridgehead atoms. The Bertz CT molecular complexity index is 1320. The number of hydrogen-bond donors (Lipinski definition) is 2. The summed E-state index contributed by atoms with van der Waals surface area (Å²) in [6.07, 6.45) is 9.12. The van der Waals surface area contributed by atoms with Crippen LogP contribution in [-0.4, -0.2) is 24.2 Å². The van der Waals surface area contributed by atoms with Gasteiger partial charge in [-0.05, 0) is 48.4 Å². The molecule has 0 fully saturated rings. The Morgan fingerprint density at radius 2 is 1.87 bits per heavy atom. The smallest absolute Gasteiger partial charge is 0.161 e. The number of hydrogen-bond acceptors (Lipinski definition) is 5. The number of nitrogens with zero attached hydrogens (tertiary/aromatic N) is 2. The number of H-pyrrole nitrogens is 1. The van der Waals surface area contributed by atoms with Gasteiger partial charge in [-0.15, -0.1) is 0 Å². The molecule has 4 aromatic rings. The summed E-state index contributed by atoms with van der Waals surface area (Å²) >= 11 is 0. The zero-order chi connectivity index (χ0) is 21.8. The van der Waals surface area contributed by atoms with Gasteiger partial charge in [-0.3, -0.25) is 4.98 Å². The lowest BCUT2D eigenvalue weighted by Gasteiger charge is -2.14. The summed E-state index contributed by atoms with van der Waals surface area (Å²) in [6, 6.07) is 14.0. The summed E-state index contributed by atoms with van der Waals surface area (Å²) in [4.78, 5) is 7.45. The number of aromatic amines is 1. The van der Waals surface area contributed by atoms with Crippen LogP contribution in [0, 0.1) is 18.3 Å². The van der Waals surface area contributed by atoms with E-state index in [1.807, 2.05) is 54.7 Å². The van der Waals surface area contributed by atoms with Crippen molar-refractivity contribution < 1.29 is 9.47 Å². The van der Waals surface area contributed by atoms with Crippen molar-refractivity contribution in [3.63, 3.8) is 0 Å². The number of benzene rings is 2. The number of pyridine rings is 1. The highest BCUT2D eigenvalue weighted by molar-refractivity contribution is 5.90. The van der Waals surface area contributed by atoms with Crippen molar-refractivity contribution in [1.82, 2.24) is 9.97 Å². The molecule has 0 amide bonds. The van der Waals surface area contributed by atoms with Crippen LogP contribution in [0.25, 0.3) is 23.1 Å². The first-order valence-corrected chi connectivity index (χ1v) is 9.76. The number of methoxy groups -OCH3 is 2. The highest BCUT2D eigenvalue weighted by atomic mass is 16.5. The molecule has 2 aromatic carbocycles. The van der Waals surface area contributed by atoms with Crippen molar-refractivity contribution in [3.8, 4) is 17.6 Å². The topological polar surface area (TPSA) is 83.0 Å². The molecular weight excluding hydrogens is 388 g/mol. The second-order valence-corrected chi connectivity index (χ2v) is 7.01. The number of fused-ring (bicyclic) bond motifs is 1.